The summed E-state index contributed by atoms with van der Waals surface area (Å²) in [5, 5.41) is 9.12. The molecule has 0 aromatic heterocycles. The summed E-state index contributed by atoms with van der Waals surface area (Å²) in [5.41, 5.74) is 0.113. The van der Waals surface area contributed by atoms with Crippen molar-refractivity contribution in [3.8, 4) is 6.07 Å². The van der Waals surface area contributed by atoms with Gasteiger partial charge in [0.15, 0.2) is 0 Å². The zero-order valence-electron chi connectivity index (χ0n) is 12.9. The number of carbonyl (C=O) groups excluding carboxylic acids is 1. The van der Waals surface area contributed by atoms with Gasteiger partial charge in [-0.1, -0.05) is 20.8 Å². The van der Waals surface area contributed by atoms with E-state index in [2.05, 4.69) is 26.8 Å². The van der Waals surface area contributed by atoms with E-state index in [9.17, 15) is 4.79 Å². The molecule has 0 aromatic rings. The lowest BCUT2D eigenvalue weighted by atomic mass is 9.60. The zero-order valence-corrected chi connectivity index (χ0v) is 12.9. The zero-order chi connectivity index (χ0) is 14.8. The van der Waals surface area contributed by atoms with E-state index in [0.717, 1.165) is 12.8 Å². The predicted molar refractivity (Wildman–Crippen MR) is 77.0 cm³/mol. The normalized spacial score (nSPS) is 22.2. The molecule has 1 saturated carbocycles. The third kappa shape index (κ3) is 3.26. The molecule has 0 bridgehead atoms. The number of likely N-dealkylation sites (tertiary alicyclic amines) is 1. The van der Waals surface area contributed by atoms with Gasteiger partial charge in [-0.15, -0.1) is 0 Å². The molecule has 2 rings (SSSR count). The summed E-state index contributed by atoms with van der Waals surface area (Å²) < 4.78 is 5.34. The lowest BCUT2D eigenvalue weighted by molar-refractivity contribution is 0.00585. The first kappa shape index (κ1) is 15.2. The minimum Gasteiger partial charge on any atom is -0.449 e. The van der Waals surface area contributed by atoms with Gasteiger partial charge in [0.2, 0.25) is 0 Å². The van der Waals surface area contributed by atoms with Crippen LogP contribution in [-0.2, 0) is 4.74 Å². The second kappa shape index (κ2) is 5.63. The molecule has 112 valence electrons. The maximum Gasteiger partial charge on any atom is 0.409 e. The van der Waals surface area contributed by atoms with Crippen molar-refractivity contribution in [2.24, 2.45) is 16.7 Å². The molecular weight excluding hydrogens is 252 g/mol. The van der Waals surface area contributed by atoms with E-state index in [1.807, 2.05) is 4.90 Å². The number of nitriles is 1. The highest BCUT2D eigenvalue weighted by Crippen LogP contribution is 2.49. The summed E-state index contributed by atoms with van der Waals surface area (Å²) in [6, 6.07) is 2.34. The van der Waals surface area contributed by atoms with Crippen molar-refractivity contribution >= 4 is 6.09 Å². The molecule has 0 radical (unpaired) electrons. The van der Waals surface area contributed by atoms with Gasteiger partial charge in [0.05, 0.1) is 12.7 Å². The van der Waals surface area contributed by atoms with Gasteiger partial charge in [-0.2, -0.15) is 5.26 Å². The van der Waals surface area contributed by atoms with Crippen molar-refractivity contribution in [2.45, 2.75) is 52.9 Å². The van der Waals surface area contributed by atoms with Crippen LogP contribution in [0.25, 0.3) is 0 Å². The number of ether oxygens (including phenoxy) is 1. The third-order valence-corrected chi connectivity index (χ3v) is 5.13. The molecule has 4 nitrogen and oxygen atoms in total. The number of piperidine rings is 1. The molecule has 1 aliphatic carbocycles. The van der Waals surface area contributed by atoms with Gasteiger partial charge in [0.25, 0.3) is 0 Å². The van der Waals surface area contributed by atoms with E-state index in [4.69, 9.17) is 10.00 Å². The molecule has 1 amide bonds. The Balaban J connectivity index is 1.89. The van der Waals surface area contributed by atoms with Crippen LogP contribution >= 0.6 is 0 Å². The summed E-state index contributed by atoms with van der Waals surface area (Å²) in [6.07, 6.45) is 4.58. The molecule has 0 aromatic carbocycles. The van der Waals surface area contributed by atoms with Crippen LogP contribution in [0.5, 0.6) is 0 Å². The van der Waals surface area contributed by atoms with Gasteiger partial charge < -0.3 is 9.64 Å². The highest BCUT2D eigenvalue weighted by Gasteiger charge is 2.44. The fourth-order valence-electron chi connectivity index (χ4n) is 3.03. The van der Waals surface area contributed by atoms with Gasteiger partial charge in [0, 0.05) is 19.5 Å². The summed E-state index contributed by atoms with van der Waals surface area (Å²) in [6.45, 7) is 8.60. The summed E-state index contributed by atoms with van der Waals surface area (Å²) in [4.78, 5) is 13.8. The van der Waals surface area contributed by atoms with Crippen LogP contribution in [0.2, 0.25) is 0 Å². The van der Waals surface area contributed by atoms with Crippen LogP contribution in [0, 0.1) is 28.1 Å². The minimum absolute atomic E-state index is 0.0228. The van der Waals surface area contributed by atoms with Crippen LogP contribution in [0.3, 0.4) is 0 Å². The van der Waals surface area contributed by atoms with E-state index >= 15 is 0 Å². The summed E-state index contributed by atoms with van der Waals surface area (Å²) in [5.74, 6) is 0.607. The molecule has 0 N–H and O–H groups in total. The van der Waals surface area contributed by atoms with Crippen molar-refractivity contribution < 1.29 is 9.53 Å². The number of hydrogen-bond donors (Lipinski definition) is 0. The molecule has 4 heteroatoms. The van der Waals surface area contributed by atoms with Crippen LogP contribution < -0.4 is 0 Å². The SMILES string of the molecule is CC(C)(C)C1(CC#N)CCN(C(=O)OCC2CC2)CC1. The quantitative estimate of drug-likeness (QED) is 0.793. The Morgan fingerprint density at radius 2 is 1.95 bits per heavy atom. The lowest BCUT2D eigenvalue weighted by Gasteiger charge is -2.48. The molecule has 2 aliphatic rings. The smallest absolute Gasteiger partial charge is 0.409 e. The molecule has 1 saturated heterocycles. The molecule has 2 fully saturated rings. The molecule has 1 heterocycles. The molecule has 0 spiro atoms. The fourth-order valence-corrected chi connectivity index (χ4v) is 3.03. The number of rotatable bonds is 3. The third-order valence-electron chi connectivity index (χ3n) is 5.13. The van der Waals surface area contributed by atoms with E-state index in [1.165, 1.54) is 12.8 Å². The Hall–Kier alpha value is -1.24. The van der Waals surface area contributed by atoms with Gasteiger partial charge in [-0.3, -0.25) is 0 Å². The highest BCUT2D eigenvalue weighted by molar-refractivity contribution is 5.67. The van der Waals surface area contributed by atoms with Crippen molar-refractivity contribution in [3.63, 3.8) is 0 Å². The number of carbonyl (C=O) groups is 1. The first-order chi connectivity index (χ1) is 9.38. The number of hydrogen-bond acceptors (Lipinski definition) is 3. The average Bonchev–Trinajstić information content (AvgIpc) is 3.20. The number of amides is 1. The van der Waals surface area contributed by atoms with Crippen LogP contribution in [0.15, 0.2) is 0 Å². The van der Waals surface area contributed by atoms with Crippen LogP contribution in [-0.4, -0.2) is 30.7 Å². The Kier molecular flexibility index (Phi) is 4.27. The molecule has 0 atom stereocenters. The second-order valence-corrected chi connectivity index (χ2v) is 7.37. The van der Waals surface area contributed by atoms with Crippen LogP contribution in [0.4, 0.5) is 4.79 Å². The number of nitrogens with zero attached hydrogens (tertiary/aromatic N) is 2. The largest absolute Gasteiger partial charge is 0.449 e. The molecule has 20 heavy (non-hydrogen) atoms. The summed E-state index contributed by atoms with van der Waals surface area (Å²) in [7, 11) is 0. The first-order valence-corrected chi connectivity index (χ1v) is 7.67. The monoisotopic (exact) mass is 278 g/mol. The van der Waals surface area contributed by atoms with Crippen LogP contribution in [0.1, 0.15) is 52.9 Å². The fraction of sp³-hybridized carbons (Fsp3) is 0.875. The van der Waals surface area contributed by atoms with Gasteiger partial charge >= 0.3 is 6.09 Å². The van der Waals surface area contributed by atoms with Crippen molar-refractivity contribution in [1.29, 1.82) is 5.26 Å². The Labute approximate surface area is 122 Å². The minimum atomic E-state index is -0.170. The van der Waals surface area contributed by atoms with Crippen molar-refractivity contribution in [2.75, 3.05) is 19.7 Å². The van der Waals surface area contributed by atoms with Gasteiger partial charge in [0.1, 0.15) is 0 Å². The predicted octanol–water partition coefficient (Wildman–Crippen LogP) is 3.57. The highest BCUT2D eigenvalue weighted by atomic mass is 16.6. The standard InChI is InChI=1S/C16H26N2O2/c1-15(2,3)16(6-9-17)7-10-18(11-8-16)14(19)20-12-13-4-5-13/h13H,4-8,10-12H2,1-3H3. The first-order valence-electron chi connectivity index (χ1n) is 7.67. The van der Waals surface area contributed by atoms with Gasteiger partial charge in [-0.25, -0.2) is 4.79 Å². The van der Waals surface area contributed by atoms with E-state index < -0.39 is 0 Å². The van der Waals surface area contributed by atoms with Crippen molar-refractivity contribution in [1.82, 2.24) is 4.90 Å². The Bertz CT molecular complexity index is 394. The second-order valence-electron chi connectivity index (χ2n) is 7.37. The topological polar surface area (TPSA) is 53.3 Å². The Morgan fingerprint density at radius 3 is 2.40 bits per heavy atom. The van der Waals surface area contributed by atoms with Crippen molar-refractivity contribution in [3.05, 3.63) is 0 Å². The van der Waals surface area contributed by atoms with E-state index in [1.54, 1.807) is 0 Å². The Morgan fingerprint density at radius 1 is 1.35 bits per heavy atom. The molecular formula is C16H26N2O2. The average molecular weight is 278 g/mol. The van der Waals surface area contributed by atoms with Gasteiger partial charge in [-0.05, 0) is 42.4 Å². The maximum atomic E-state index is 12.0. The van der Waals surface area contributed by atoms with E-state index in [0.29, 0.717) is 32.0 Å². The maximum absolute atomic E-state index is 12.0. The summed E-state index contributed by atoms with van der Waals surface area (Å²) >= 11 is 0. The van der Waals surface area contributed by atoms with E-state index in [-0.39, 0.29) is 16.9 Å². The molecule has 0 unspecified atom stereocenters. The lowest BCUT2D eigenvalue weighted by Crippen LogP contribution is -2.48. The molecule has 1 aliphatic heterocycles.